The van der Waals surface area contributed by atoms with Crippen LogP contribution in [-0.2, 0) is 4.74 Å². The monoisotopic (exact) mass is 193 g/mol. The summed E-state index contributed by atoms with van der Waals surface area (Å²) < 4.78 is 30.3. The first kappa shape index (κ1) is 10.9. The van der Waals surface area contributed by atoms with Crippen LogP contribution in [0, 0.1) is 0 Å². The van der Waals surface area contributed by atoms with Crippen molar-refractivity contribution in [3.05, 3.63) is 0 Å². The Labute approximate surface area is 77.6 Å². The van der Waals surface area contributed by atoms with Crippen molar-refractivity contribution in [2.24, 2.45) is 0 Å². The van der Waals surface area contributed by atoms with Crippen LogP contribution in [-0.4, -0.2) is 31.7 Å². The van der Waals surface area contributed by atoms with Gasteiger partial charge < -0.3 is 10.1 Å². The number of hydrogen-bond donors (Lipinski definition) is 1. The highest BCUT2D eigenvalue weighted by Gasteiger charge is 2.50. The molecule has 78 valence electrons. The molecule has 1 saturated carbocycles. The fourth-order valence-corrected chi connectivity index (χ4v) is 1.69. The number of methoxy groups -OCH3 is 1. The van der Waals surface area contributed by atoms with Crippen LogP contribution in [0.25, 0.3) is 0 Å². The molecule has 0 atom stereocenters. The lowest BCUT2D eigenvalue weighted by Gasteiger charge is -2.46. The molecule has 0 aromatic heterocycles. The van der Waals surface area contributed by atoms with Crippen LogP contribution in [0.1, 0.15) is 26.2 Å². The Kier molecular flexibility index (Phi) is 3.62. The summed E-state index contributed by atoms with van der Waals surface area (Å²) in [6.07, 6.45) is -0.530. The lowest BCUT2D eigenvalue weighted by molar-refractivity contribution is -0.100. The number of alkyl halides is 2. The topological polar surface area (TPSA) is 21.3 Å². The van der Waals surface area contributed by atoms with Crippen molar-refractivity contribution in [2.45, 2.75) is 44.3 Å². The molecule has 0 unspecified atom stereocenters. The van der Waals surface area contributed by atoms with E-state index in [-0.39, 0.29) is 6.10 Å². The Balaban J connectivity index is 2.40. The molecule has 1 aliphatic carbocycles. The van der Waals surface area contributed by atoms with Crippen molar-refractivity contribution in [2.75, 3.05) is 13.7 Å². The molecule has 13 heavy (non-hydrogen) atoms. The summed E-state index contributed by atoms with van der Waals surface area (Å²) in [5.41, 5.74) is -0.962. The Morgan fingerprint density at radius 3 is 2.54 bits per heavy atom. The lowest BCUT2D eigenvalue weighted by atomic mass is 9.74. The van der Waals surface area contributed by atoms with E-state index < -0.39 is 12.0 Å². The second-order valence-electron chi connectivity index (χ2n) is 3.65. The molecule has 0 aromatic rings. The molecular formula is C9H17F2NO. The summed E-state index contributed by atoms with van der Waals surface area (Å²) >= 11 is 0. The zero-order valence-electron chi connectivity index (χ0n) is 8.15. The van der Waals surface area contributed by atoms with E-state index in [1.54, 1.807) is 7.11 Å². The zero-order chi connectivity index (χ0) is 9.90. The van der Waals surface area contributed by atoms with Crippen molar-refractivity contribution >= 4 is 0 Å². The van der Waals surface area contributed by atoms with Gasteiger partial charge in [0, 0.05) is 7.11 Å². The number of halogens is 2. The van der Waals surface area contributed by atoms with Gasteiger partial charge in [-0.1, -0.05) is 6.92 Å². The third-order valence-corrected chi connectivity index (χ3v) is 2.66. The van der Waals surface area contributed by atoms with Crippen molar-refractivity contribution in [3.8, 4) is 0 Å². The molecule has 0 aliphatic heterocycles. The Morgan fingerprint density at radius 2 is 2.15 bits per heavy atom. The predicted molar refractivity (Wildman–Crippen MR) is 47.1 cm³/mol. The summed E-state index contributed by atoms with van der Waals surface area (Å²) in [7, 11) is 1.57. The van der Waals surface area contributed by atoms with Gasteiger partial charge in [-0.15, -0.1) is 0 Å². The highest BCUT2D eigenvalue weighted by Crippen LogP contribution is 2.39. The van der Waals surface area contributed by atoms with E-state index in [0.717, 1.165) is 6.42 Å². The molecule has 2 nitrogen and oxygen atoms in total. The number of nitrogens with one attached hydrogen (secondary N) is 1. The minimum atomic E-state index is -2.29. The van der Waals surface area contributed by atoms with E-state index in [1.165, 1.54) is 0 Å². The van der Waals surface area contributed by atoms with Gasteiger partial charge in [-0.05, 0) is 25.8 Å². The summed E-state index contributed by atoms with van der Waals surface area (Å²) in [5.74, 6) is 0. The van der Waals surface area contributed by atoms with Crippen LogP contribution in [0.4, 0.5) is 8.78 Å². The molecule has 0 saturated heterocycles. The fourth-order valence-electron chi connectivity index (χ4n) is 1.69. The van der Waals surface area contributed by atoms with Crippen LogP contribution in [0.3, 0.4) is 0 Å². The first-order chi connectivity index (χ1) is 6.14. The number of hydrogen-bond acceptors (Lipinski definition) is 2. The van der Waals surface area contributed by atoms with Crippen LogP contribution in [0.2, 0.25) is 0 Å². The fraction of sp³-hybridized carbons (Fsp3) is 1.00. The third-order valence-electron chi connectivity index (χ3n) is 2.66. The lowest BCUT2D eigenvalue weighted by Crippen LogP contribution is -2.62. The van der Waals surface area contributed by atoms with E-state index in [4.69, 9.17) is 4.74 Å². The van der Waals surface area contributed by atoms with Crippen LogP contribution in [0.15, 0.2) is 0 Å². The molecule has 0 bridgehead atoms. The maximum Gasteiger partial charge on any atom is 0.256 e. The second-order valence-corrected chi connectivity index (χ2v) is 3.65. The van der Waals surface area contributed by atoms with E-state index in [0.29, 0.717) is 19.4 Å². The van der Waals surface area contributed by atoms with Gasteiger partial charge in [0.1, 0.15) is 0 Å². The van der Waals surface area contributed by atoms with Crippen molar-refractivity contribution in [3.63, 3.8) is 0 Å². The largest absolute Gasteiger partial charge is 0.381 e. The smallest absolute Gasteiger partial charge is 0.256 e. The Bertz CT molecular complexity index is 152. The molecule has 0 heterocycles. The first-order valence-corrected chi connectivity index (χ1v) is 4.70. The normalized spacial score (nSPS) is 33.5. The predicted octanol–water partition coefficient (Wildman–Crippen LogP) is 1.80. The molecule has 0 radical (unpaired) electrons. The molecule has 4 heteroatoms. The maximum atomic E-state index is 12.7. The highest BCUT2D eigenvalue weighted by molar-refractivity contribution is 5.03. The summed E-state index contributed by atoms with van der Waals surface area (Å²) in [6, 6.07) is 0. The second kappa shape index (κ2) is 4.33. The zero-order valence-corrected chi connectivity index (χ0v) is 8.15. The van der Waals surface area contributed by atoms with Crippen LogP contribution >= 0.6 is 0 Å². The van der Waals surface area contributed by atoms with E-state index in [1.807, 2.05) is 6.92 Å². The highest BCUT2D eigenvalue weighted by atomic mass is 19.3. The van der Waals surface area contributed by atoms with Gasteiger partial charge in [-0.3, -0.25) is 0 Å². The molecule has 1 rings (SSSR count). The van der Waals surface area contributed by atoms with Crippen molar-refractivity contribution in [1.29, 1.82) is 0 Å². The summed E-state index contributed by atoms with van der Waals surface area (Å²) in [5, 5.41) is 2.92. The summed E-state index contributed by atoms with van der Waals surface area (Å²) in [6.45, 7) is 2.62. The molecule has 1 fully saturated rings. The van der Waals surface area contributed by atoms with E-state index in [9.17, 15) is 8.78 Å². The molecule has 0 spiro atoms. The van der Waals surface area contributed by atoms with Crippen LogP contribution < -0.4 is 5.32 Å². The molecular weight excluding hydrogens is 176 g/mol. The third kappa shape index (κ3) is 2.17. The Hall–Kier alpha value is -0.220. The number of rotatable bonds is 5. The van der Waals surface area contributed by atoms with Gasteiger partial charge in [0.05, 0.1) is 11.6 Å². The molecule has 1 aliphatic rings. The quantitative estimate of drug-likeness (QED) is 0.718. The standard InChI is InChI=1S/C9H17F2NO/c1-3-4-12-9(8(10)11)5-7(6-9)13-2/h7-8,12H,3-6H2,1-2H3. The van der Waals surface area contributed by atoms with Gasteiger partial charge in [0.2, 0.25) is 0 Å². The number of ether oxygens (including phenoxy) is 1. The SMILES string of the molecule is CCCNC1(C(F)F)CC(OC)C1. The van der Waals surface area contributed by atoms with Gasteiger partial charge in [-0.25, -0.2) is 8.78 Å². The Morgan fingerprint density at radius 1 is 1.54 bits per heavy atom. The van der Waals surface area contributed by atoms with Crippen LogP contribution in [0.5, 0.6) is 0 Å². The summed E-state index contributed by atoms with van der Waals surface area (Å²) in [4.78, 5) is 0. The first-order valence-electron chi connectivity index (χ1n) is 4.70. The van der Waals surface area contributed by atoms with Gasteiger partial charge >= 0.3 is 0 Å². The maximum absolute atomic E-state index is 12.7. The average molecular weight is 193 g/mol. The van der Waals surface area contributed by atoms with E-state index in [2.05, 4.69) is 5.32 Å². The van der Waals surface area contributed by atoms with E-state index >= 15 is 0 Å². The average Bonchev–Trinajstić information content (AvgIpc) is 2.02. The molecule has 0 aromatic carbocycles. The minimum Gasteiger partial charge on any atom is -0.381 e. The molecule has 0 amide bonds. The van der Waals surface area contributed by atoms with Gasteiger partial charge in [-0.2, -0.15) is 0 Å². The van der Waals surface area contributed by atoms with Crippen molar-refractivity contribution < 1.29 is 13.5 Å². The molecule has 1 N–H and O–H groups in total. The van der Waals surface area contributed by atoms with Gasteiger partial charge in [0.25, 0.3) is 6.43 Å². The van der Waals surface area contributed by atoms with Crippen molar-refractivity contribution in [1.82, 2.24) is 5.32 Å². The van der Waals surface area contributed by atoms with Gasteiger partial charge in [0.15, 0.2) is 0 Å². The minimum absolute atomic E-state index is 0.0124.